The molecule has 0 aliphatic rings. The van der Waals surface area contributed by atoms with Gasteiger partial charge in [-0.3, -0.25) is 0 Å². The van der Waals surface area contributed by atoms with E-state index in [9.17, 15) is 0 Å². The highest BCUT2D eigenvalue weighted by molar-refractivity contribution is 5.45. The van der Waals surface area contributed by atoms with Gasteiger partial charge in [0.05, 0.1) is 0 Å². The molecule has 0 aliphatic heterocycles. The first-order valence-corrected chi connectivity index (χ1v) is 6.86. The first kappa shape index (κ1) is 15.0. The van der Waals surface area contributed by atoms with E-state index in [0.717, 1.165) is 31.3 Å². The van der Waals surface area contributed by atoms with Crippen LogP contribution in [-0.4, -0.2) is 0 Å². The molecule has 0 amide bonds. The van der Waals surface area contributed by atoms with E-state index < -0.39 is 0 Å². The molecule has 0 bridgehead atoms. The van der Waals surface area contributed by atoms with Crippen LogP contribution in [0.15, 0.2) is 41.5 Å². The van der Waals surface area contributed by atoms with Gasteiger partial charge in [-0.2, -0.15) is 10.5 Å². The number of nitriles is 2. The largest absolute Gasteiger partial charge is 0.192 e. The molecule has 0 spiro atoms. The minimum Gasteiger partial charge on any atom is -0.192 e. The van der Waals surface area contributed by atoms with Crippen molar-refractivity contribution in [1.82, 2.24) is 0 Å². The van der Waals surface area contributed by atoms with Crippen LogP contribution in [0.5, 0.6) is 0 Å². The van der Waals surface area contributed by atoms with Gasteiger partial charge in [-0.1, -0.05) is 57.0 Å². The minimum atomic E-state index is 0.195. The summed E-state index contributed by atoms with van der Waals surface area (Å²) in [6.07, 6.45) is 3.79. The number of hydrogen-bond acceptors (Lipinski definition) is 2. The molecule has 0 aliphatic carbocycles. The van der Waals surface area contributed by atoms with Crippen molar-refractivity contribution >= 4 is 0 Å². The lowest BCUT2D eigenvalue weighted by Crippen LogP contribution is -2.05. The van der Waals surface area contributed by atoms with Crippen LogP contribution in [0.4, 0.5) is 0 Å². The van der Waals surface area contributed by atoms with Gasteiger partial charge in [0.2, 0.25) is 0 Å². The zero-order chi connectivity index (χ0) is 14.1. The third kappa shape index (κ3) is 3.97. The van der Waals surface area contributed by atoms with Crippen molar-refractivity contribution in [2.75, 3.05) is 0 Å². The molecule has 0 N–H and O–H groups in total. The van der Waals surface area contributed by atoms with Crippen LogP contribution in [0.3, 0.4) is 0 Å². The maximum atomic E-state index is 9.16. The Balaban J connectivity index is 3.26. The van der Waals surface area contributed by atoms with Gasteiger partial charge in [-0.25, -0.2) is 0 Å². The molecule has 0 aromatic heterocycles. The number of hydrogen-bond donors (Lipinski definition) is 0. The molecule has 2 heteroatoms. The molecule has 1 rings (SSSR count). The highest BCUT2D eigenvalue weighted by Crippen LogP contribution is 2.33. The van der Waals surface area contributed by atoms with E-state index in [0.29, 0.717) is 5.57 Å². The van der Waals surface area contributed by atoms with Gasteiger partial charge in [0.25, 0.3) is 0 Å². The molecule has 1 aromatic rings. The van der Waals surface area contributed by atoms with Crippen molar-refractivity contribution in [3.63, 3.8) is 0 Å². The van der Waals surface area contributed by atoms with Crippen LogP contribution < -0.4 is 0 Å². The van der Waals surface area contributed by atoms with E-state index in [2.05, 4.69) is 38.1 Å². The smallest absolute Gasteiger partial charge is 0.129 e. The Kier molecular flexibility index (Phi) is 6.41. The molecule has 2 nitrogen and oxygen atoms in total. The molecular weight excluding hydrogens is 232 g/mol. The SMILES string of the molecule is CCCC(=C(C#N)C#N)C(CCC)c1ccccc1. The summed E-state index contributed by atoms with van der Waals surface area (Å²) in [6.45, 7) is 4.22. The fourth-order valence-electron chi connectivity index (χ4n) is 2.43. The Morgan fingerprint density at radius 3 is 2.16 bits per heavy atom. The number of allylic oxidation sites excluding steroid dienone is 2. The van der Waals surface area contributed by atoms with Gasteiger partial charge in [-0.15, -0.1) is 0 Å². The van der Waals surface area contributed by atoms with E-state index >= 15 is 0 Å². The summed E-state index contributed by atoms with van der Waals surface area (Å²) < 4.78 is 0. The molecular formula is C17H20N2. The fraction of sp³-hybridized carbons (Fsp3) is 0.412. The predicted octanol–water partition coefficient (Wildman–Crippen LogP) is 4.71. The van der Waals surface area contributed by atoms with E-state index in [-0.39, 0.29) is 5.92 Å². The number of rotatable bonds is 6. The minimum absolute atomic E-state index is 0.195. The molecule has 19 heavy (non-hydrogen) atoms. The van der Waals surface area contributed by atoms with Crippen LogP contribution in [0.1, 0.15) is 51.0 Å². The van der Waals surface area contributed by atoms with Crippen molar-refractivity contribution in [2.24, 2.45) is 0 Å². The van der Waals surface area contributed by atoms with E-state index in [1.54, 1.807) is 0 Å². The molecule has 0 saturated heterocycles. The average molecular weight is 252 g/mol. The lowest BCUT2D eigenvalue weighted by Gasteiger charge is -2.20. The molecule has 1 aromatic carbocycles. The Morgan fingerprint density at radius 2 is 1.68 bits per heavy atom. The van der Waals surface area contributed by atoms with Gasteiger partial charge >= 0.3 is 0 Å². The lowest BCUT2D eigenvalue weighted by molar-refractivity contribution is 0.651. The van der Waals surface area contributed by atoms with Crippen molar-refractivity contribution in [2.45, 2.75) is 45.4 Å². The predicted molar refractivity (Wildman–Crippen MR) is 77.3 cm³/mol. The summed E-state index contributed by atoms with van der Waals surface area (Å²) in [7, 11) is 0. The number of nitrogens with zero attached hydrogens (tertiary/aromatic N) is 2. The summed E-state index contributed by atoms with van der Waals surface area (Å²) in [4.78, 5) is 0. The Morgan fingerprint density at radius 1 is 1.05 bits per heavy atom. The summed E-state index contributed by atoms with van der Waals surface area (Å²) >= 11 is 0. The molecule has 98 valence electrons. The fourth-order valence-corrected chi connectivity index (χ4v) is 2.43. The quantitative estimate of drug-likeness (QED) is 0.688. The summed E-state index contributed by atoms with van der Waals surface area (Å²) in [6, 6.07) is 14.3. The molecule has 0 heterocycles. The zero-order valence-corrected chi connectivity index (χ0v) is 11.7. The highest BCUT2D eigenvalue weighted by atomic mass is 14.3. The summed E-state index contributed by atoms with van der Waals surface area (Å²) in [5, 5.41) is 18.3. The monoisotopic (exact) mass is 252 g/mol. The van der Waals surface area contributed by atoms with Gasteiger partial charge in [0.1, 0.15) is 17.7 Å². The summed E-state index contributed by atoms with van der Waals surface area (Å²) in [5.74, 6) is 0.195. The molecule has 1 atom stereocenters. The van der Waals surface area contributed by atoms with E-state index in [1.807, 2.05) is 18.2 Å². The Bertz CT molecular complexity index is 484. The topological polar surface area (TPSA) is 47.6 Å². The zero-order valence-electron chi connectivity index (χ0n) is 11.7. The maximum absolute atomic E-state index is 9.16. The van der Waals surface area contributed by atoms with Crippen LogP contribution in [0.25, 0.3) is 0 Å². The standard InChI is InChI=1S/C17H20N2/c1-3-8-16(14-10-6-5-7-11-14)17(9-4-2)15(12-18)13-19/h5-7,10-11,16H,3-4,8-9H2,1-2H3. The normalized spacial score (nSPS) is 11.2. The summed E-state index contributed by atoms with van der Waals surface area (Å²) in [5.41, 5.74) is 2.50. The van der Waals surface area contributed by atoms with Crippen molar-refractivity contribution in [3.05, 3.63) is 47.0 Å². The third-order valence-corrected chi connectivity index (χ3v) is 3.26. The lowest BCUT2D eigenvalue weighted by atomic mass is 9.83. The van der Waals surface area contributed by atoms with Crippen LogP contribution in [0, 0.1) is 22.7 Å². The van der Waals surface area contributed by atoms with E-state index in [1.165, 1.54) is 5.56 Å². The van der Waals surface area contributed by atoms with Crippen LogP contribution in [-0.2, 0) is 0 Å². The van der Waals surface area contributed by atoms with Crippen LogP contribution in [0.2, 0.25) is 0 Å². The van der Waals surface area contributed by atoms with Gasteiger partial charge < -0.3 is 0 Å². The Hall–Kier alpha value is -2.06. The first-order valence-electron chi connectivity index (χ1n) is 6.86. The molecule has 0 fully saturated rings. The Labute approximate surface area is 116 Å². The highest BCUT2D eigenvalue weighted by Gasteiger charge is 2.19. The third-order valence-electron chi connectivity index (χ3n) is 3.26. The van der Waals surface area contributed by atoms with E-state index in [4.69, 9.17) is 10.5 Å². The van der Waals surface area contributed by atoms with Crippen molar-refractivity contribution in [3.8, 4) is 12.1 Å². The second-order valence-electron chi connectivity index (χ2n) is 4.63. The first-order chi connectivity index (χ1) is 9.28. The molecule has 1 unspecified atom stereocenters. The van der Waals surface area contributed by atoms with Gasteiger partial charge in [0.15, 0.2) is 0 Å². The maximum Gasteiger partial charge on any atom is 0.129 e. The van der Waals surface area contributed by atoms with Crippen LogP contribution >= 0.6 is 0 Å². The number of benzene rings is 1. The average Bonchev–Trinajstić information content (AvgIpc) is 2.46. The molecule has 0 radical (unpaired) electrons. The van der Waals surface area contributed by atoms with Crippen molar-refractivity contribution < 1.29 is 0 Å². The second-order valence-corrected chi connectivity index (χ2v) is 4.63. The second kappa shape index (κ2) is 8.11. The van der Waals surface area contributed by atoms with Gasteiger partial charge in [0, 0.05) is 5.92 Å². The van der Waals surface area contributed by atoms with Crippen molar-refractivity contribution in [1.29, 1.82) is 10.5 Å². The molecule has 0 saturated carbocycles. The van der Waals surface area contributed by atoms with Gasteiger partial charge in [-0.05, 0) is 24.0 Å².